The summed E-state index contributed by atoms with van der Waals surface area (Å²) >= 11 is 0. The van der Waals surface area contributed by atoms with Crippen molar-refractivity contribution in [3.63, 3.8) is 0 Å². The molecule has 18 heavy (non-hydrogen) atoms. The first-order valence-corrected chi connectivity index (χ1v) is 5.47. The van der Waals surface area contributed by atoms with Gasteiger partial charge in [0.15, 0.2) is 0 Å². The van der Waals surface area contributed by atoms with E-state index in [-0.39, 0.29) is 5.92 Å². The van der Waals surface area contributed by atoms with Crippen LogP contribution in [0, 0.1) is 0 Å². The van der Waals surface area contributed by atoms with Gasteiger partial charge in [-0.2, -0.15) is 5.10 Å². The fourth-order valence-electron chi connectivity index (χ4n) is 1.66. The second kappa shape index (κ2) is 5.20. The SMILES string of the molecule is CC(c1ccncc1)c1ccn(C(F)C(F)F)n1. The van der Waals surface area contributed by atoms with Gasteiger partial charge in [0, 0.05) is 24.5 Å². The minimum Gasteiger partial charge on any atom is -0.265 e. The lowest BCUT2D eigenvalue weighted by molar-refractivity contribution is 0.000534. The fraction of sp³-hybridized carbons (Fsp3) is 0.333. The highest BCUT2D eigenvalue weighted by Gasteiger charge is 2.23. The predicted molar refractivity (Wildman–Crippen MR) is 60.1 cm³/mol. The van der Waals surface area contributed by atoms with Gasteiger partial charge < -0.3 is 0 Å². The molecule has 0 amide bonds. The molecule has 2 atom stereocenters. The molecule has 2 heterocycles. The Bertz CT molecular complexity index is 498. The van der Waals surface area contributed by atoms with Gasteiger partial charge in [-0.1, -0.05) is 6.92 Å². The third kappa shape index (κ3) is 2.52. The second-order valence-electron chi connectivity index (χ2n) is 3.93. The lowest BCUT2D eigenvalue weighted by Crippen LogP contribution is -2.13. The van der Waals surface area contributed by atoms with Gasteiger partial charge in [0.2, 0.25) is 0 Å². The lowest BCUT2D eigenvalue weighted by atomic mass is 9.99. The number of halogens is 3. The molecule has 2 unspecified atom stereocenters. The highest BCUT2D eigenvalue weighted by Crippen LogP contribution is 2.24. The van der Waals surface area contributed by atoms with Gasteiger partial charge >= 0.3 is 0 Å². The summed E-state index contributed by atoms with van der Waals surface area (Å²) in [6.07, 6.45) is -0.971. The largest absolute Gasteiger partial charge is 0.289 e. The monoisotopic (exact) mass is 255 g/mol. The van der Waals surface area contributed by atoms with Crippen LogP contribution in [-0.2, 0) is 0 Å². The molecule has 3 nitrogen and oxygen atoms in total. The van der Waals surface area contributed by atoms with E-state index in [1.165, 1.54) is 6.20 Å². The molecular formula is C12H12F3N3. The van der Waals surface area contributed by atoms with Crippen molar-refractivity contribution in [3.05, 3.63) is 48.0 Å². The Morgan fingerprint density at radius 3 is 2.39 bits per heavy atom. The van der Waals surface area contributed by atoms with Crippen molar-refractivity contribution >= 4 is 0 Å². The van der Waals surface area contributed by atoms with Crippen molar-refractivity contribution in [1.29, 1.82) is 0 Å². The number of pyridine rings is 1. The summed E-state index contributed by atoms with van der Waals surface area (Å²) in [5.41, 5.74) is 1.49. The van der Waals surface area contributed by atoms with Crippen LogP contribution in [0.4, 0.5) is 13.2 Å². The minimum absolute atomic E-state index is 0.0980. The van der Waals surface area contributed by atoms with Gasteiger partial charge in [0.1, 0.15) is 0 Å². The van der Waals surface area contributed by atoms with Crippen molar-refractivity contribution in [2.45, 2.75) is 25.6 Å². The maximum Gasteiger partial charge on any atom is 0.289 e. The predicted octanol–water partition coefficient (Wildman–Crippen LogP) is 3.16. The molecule has 0 saturated carbocycles. The first-order valence-electron chi connectivity index (χ1n) is 5.47. The summed E-state index contributed by atoms with van der Waals surface area (Å²) in [4.78, 5) is 3.89. The lowest BCUT2D eigenvalue weighted by Gasteiger charge is -2.09. The standard InChI is InChI=1S/C12H12F3N3/c1-8(9-2-5-16-6-3-9)10-4-7-18(17-10)12(15)11(13)14/h2-8,11-12H,1H3. The molecule has 2 aromatic rings. The molecule has 6 heteroatoms. The zero-order valence-electron chi connectivity index (χ0n) is 9.67. The van der Waals surface area contributed by atoms with Crippen LogP contribution in [0.25, 0.3) is 0 Å². The van der Waals surface area contributed by atoms with Crippen molar-refractivity contribution in [3.8, 4) is 0 Å². The van der Waals surface area contributed by atoms with Gasteiger partial charge in [-0.25, -0.2) is 17.9 Å². The quantitative estimate of drug-likeness (QED) is 0.840. The van der Waals surface area contributed by atoms with E-state index in [1.54, 1.807) is 18.5 Å². The van der Waals surface area contributed by atoms with Crippen molar-refractivity contribution < 1.29 is 13.2 Å². The van der Waals surface area contributed by atoms with Crippen LogP contribution >= 0.6 is 0 Å². The number of aromatic nitrogens is 3. The minimum atomic E-state index is -3.08. The molecule has 0 aliphatic carbocycles. The summed E-state index contributed by atoms with van der Waals surface area (Å²) in [6.45, 7) is 1.87. The zero-order chi connectivity index (χ0) is 13.1. The molecule has 96 valence electrons. The molecular weight excluding hydrogens is 243 g/mol. The van der Waals surface area contributed by atoms with Crippen LogP contribution in [0.2, 0.25) is 0 Å². The molecule has 2 aromatic heterocycles. The second-order valence-corrected chi connectivity index (χ2v) is 3.93. The van der Waals surface area contributed by atoms with E-state index >= 15 is 0 Å². The number of rotatable bonds is 4. The van der Waals surface area contributed by atoms with E-state index in [9.17, 15) is 13.2 Å². The molecule has 0 bridgehead atoms. The van der Waals surface area contributed by atoms with Gasteiger partial charge in [0.25, 0.3) is 12.7 Å². The number of hydrogen-bond acceptors (Lipinski definition) is 2. The summed E-state index contributed by atoms with van der Waals surface area (Å²) in [6, 6.07) is 5.16. The number of alkyl halides is 3. The average Bonchev–Trinajstić information content (AvgIpc) is 2.87. The number of nitrogens with zero attached hydrogens (tertiary/aromatic N) is 3. The molecule has 0 aliphatic rings. The highest BCUT2D eigenvalue weighted by molar-refractivity contribution is 5.24. The smallest absolute Gasteiger partial charge is 0.265 e. The van der Waals surface area contributed by atoms with Crippen LogP contribution < -0.4 is 0 Å². The van der Waals surface area contributed by atoms with E-state index in [2.05, 4.69) is 10.1 Å². The Morgan fingerprint density at radius 1 is 1.11 bits per heavy atom. The van der Waals surface area contributed by atoms with Crippen molar-refractivity contribution in [2.75, 3.05) is 0 Å². The molecule has 2 rings (SSSR count). The van der Waals surface area contributed by atoms with Gasteiger partial charge in [-0.3, -0.25) is 4.98 Å². The van der Waals surface area contributed by atoms with Gasteiger partial charge in [0.05, 0.1) is 5.69 Å². The topological polar surface area (TPSA) is 30.7 Å². The summed E-state index contributed by atoms with van der Waals surface area (Å²) < 4.78 is 38.1. The maximum absolute atomic E-state index is 13.1. The Labute approximate surface area is 102 Å². The molecule has 0 fully saturated rings. The Balaban J connectivity index is 2.20. The highest BCUT2D eigenvalue weighted by atomic mass is 19.3. The van der Waals surface area contributed by atoms with Crippen molar-refractivity contribution in [2.24, 2.45) is 0 Å². The van der Waals surface area contributed by atoms with E-state index in [1.807, 2.05) is 19.1 Å². The molecule has 0 radical (unpaired) electrons. The van der Waals surface area contributed by atoms with E-state index in [4.69, 9.17) is 0 Å². The average molecular weight is 255 g/mol. The maximum atomic E-state index is 13.1. The normalized spacial score (nSPS) is 14.7. The Hall–Kier alpha value is -1.85. The fourth-order valence-corrected chi connectivity index (χ4v) is 1.66. The van der Waals surface area contributed by atoms with Gasteiger partial charge in [-0.15, -0.1) is 0 Å². The first kappa shape index (κ1) is 12.6. The van der Waals surface area contributed by atoms with Crippen molar-refractivity contribution in [1.82, 2.24) is 14.8 Å². The molecule has 0 N–H and O–H groups in total. The summed E-state index contributed by atoms with van der Waals surface area (Å²) in [7, 11) is 0. The van der Waals surface area contributed by atoms with Crippen LogP contribution in [0.3, 0.4) is 0 Å². The molecule has 0 saturated heterocycles. The van der Waals surface area contributed by atoms with Gasteiger partial charge in [-0.05, 0) is 23.8 Å². The summed E-state index contributed by atoms with van der Waals surface area (Å²) in [5, 5.41) is 3.85. The first-order chi connectivity index (χ1) is 8.59. The van der Waals surface area contributed by atoms with E-state index in [0.29, 0.717) is 10.4 Å². The molecule has 0 aliphatic heterocycles. The van der Waals surface area contributed by atoms with E-state index < -0.39 is 12.7 Å². The third-order valence-corrected chi connectivity index (χ3v) is 2.74. The third-order valence-electron chi connectivity index (χ3n) is 2.74. The molecule has 0 spiro atoms. The van der Waals surface area contributed by atoms with Crippen LogP contribution in [-0.4, -0.2) is 21.2 Å². The van der Waals surface area contributed by atoms with Crippen LogP contribution in [0.15, 0.2) is 36.8 Å². The molecule has 0 aromatic carbocycles. The van der Waals surface area contributed by atoms with Crippen LogP contribution in [0.1, 0.15) is 30.4 Å². The Morgan fingerprint density at radius 2 is 1.78 bits per heavy atom. The Kier molecular flexibility index (Phi) is 3.64. The van der Waals surface area contributed by atoms with E-state index in [0.717, 1.165) is 5.56 Å². The summed E-state index contributed by atoms with van der Waals surface area (Å²) in [5.74, 6) is -0.0980. The zero-order valence-corrected chi connectivity index (χ0v) is 9.67. The van der Waals surface area contributed by atoms with Crippen LogP contribution in [0.5, 0.6) is 0 Å². The number of hydrogen-bond donors (Lipinski definition) is 0.